The van der Waals surface area contributed by atoms with Crippen LogP contribution in [0.25, 0.3) is 0 Å². The van der Waals surface area contributed by atoms with Gasteiger partial charge in [0.15, 0.2) is 5.16 Å². The highest BCUT2D eigenvalue weighted by Crippen LogP contribution is 2.24. The van der Waals surface area contributed by atoms with Crippen molar-refractivity contribution >= 4 is 17.7 Å². The Balaban J connectivity index is 2.28. The summed E-state index contributed by atoms with van der Waals surface area (Å²) in [6.45, 7) is 2.68. The summed E-state index contributed by atoms with van der Waals surface area (Å²) < 4.78 is 7.42. The first-order valence-corrected chi connectivity index (χ1v) is 7.65. The molecule has 0 saturated heterocycles. The van der Waals surface area contributed by atoms with Crippen LogP contribution in [0.15, 0.2) is 35.6 Å². The molecule has 1 aromatic carbocycles. The summed E-state index contributed by atoms with van der Waals surface area (Å²) in [6.07, 6.45) is 2.65. The van der Waals surface area contributed by atoms with Gasteiger partial charge in [-0.1, -0.05) is 36.9 Å². The standard InChI is InChI=1S/C15H18N2O3S/c1-3-12-8-16-15(21-10-14(18)19)17(12)9-11-6-4-5-7-13(11)20-2/h4-8H,3,9-10H2,1-2H3,(H,18,19). The second-order valence-electron chi connectivity index (χ2n) is 4.47. The first-order valence-electron chi connectivity index (χ1n) is 6.66. The number of hydrogen-bond donors (Lipinski definition) is 1. The lowest BCUT2D eigenvalue weighted by Crippen LogP contribution is -2.08. The fourth-order valence-electron chi connectivity index (χ4n) is 2.09. The molecular formula is C15H18N2O3S. The van der Waals surface area contributed by atoms with E-state index in [9.17, 15) is 4.79 Å². The fraction of sp³-hybridized carbons (Fsp3) is 0.333. The topological polar surface area (TPSA) is 64.3 Å². The van der Waals surface area contributed by atoms with Crippen LogP contribution in [0.2, 0.25) is 0 Å². The number of carboxylic acid groups (broad SMARTS) is 1. The van der Waals surface area contributed by atoms with Crippen LogP contribution in [0.3, 0.4) is 0 Å². The minimum absolute atomic E-state index is 0.00604. The Kier molecular flexibility index (Phi) is 5.27. The highest BCUT2D eigenvalue weighted by Gasteiger charge is 2.13. The average molecular weight is 306 g/mol. The fourth-order valence-corrected chi connectivity index (χ4v) is 2.81. The number of aliphatic carboxylic acids is 1. The summed E-state index contributed by atoms with van der Waals surface area (Å²) in [6, 6.07) is 7.81. The maximum Gasteiger partial charge on any atom is 0.313 e. The molecular weight excluding hydrogens is 288 g/mol. The van der Waals surface area contributed by atoms with E-state index in [-0.39, 0.29) is 5.75 Å². The maximum atomic E-state index is 10.7. The van der Waals surface area contributed by atoms with Gasteiger partial charge < -0.3 is 14.4 Å². The highest BCUT2D eigenvalue weighted by atomic mass is 32.2. The predicted molar refractivity (Wildman–Crippen MR) is 82.1 cm³/mol. The number of ether oxygens (including phenoxy) is 1. The molecule has 0 radical (unpaired) electrons. The third-order valence-corrected chi connectivity index (χ3v) is 4.08. The van der Waals surface area contributed by atoms with E-state index >= 15 is 0 Å². The van der Waals surface area contributed by atoms with Crippen molar-refractivity contribution in [3.05, 3.63) is 41.7 Å². The normalized spacial score (nSPS) is 10.6. The zero-order valence-electron chi connectivity index (χ0n) is 12.1. The van der Waals surface area contributed by atoms with E-state index in [0.29, 0.717) is 6.54 Å². The van der Waals surface area contributed by atoms with E-state index in [1.807, 2.05) is 28.8 Å². The molecule has 1 heterocycles. The van der Waals surface area contributed by atoms with E-state index in [0.717, 1.165) is 28.6 Å². The minimum Gasteiger partial charge on any atom is -0.496 e. The van der Waals surface area contributed by atoms with Crippen LogP contribution in [-0.2, 0) is 17.8 Å². The first-order chi connectivity index (χ1) is 10.2. The molecule has 112 valence electrons. The lowest BCUT2D eigenvalue weighted by Gasteiger charge is -2.13. The number of methoxy groups -OCH3 is 1. The lowest BCUT2D eigenvalue weighted by molar-refractivity contribution is -0.133. The molecule has 0 amide bonds. The zero-order chi connectivity index (χ0) is 15.2. The van der Waals surface area contributed by atoms with Gasteiger partial charge in [-0.25, -0.2) is 4.98 Å². The number of carbonyl (C=O) groups is 1. The van der Waals surface area contributed by atoms with Crippen molar-refractivity contribution in [2.24, 2.45) is 0 Å². The molecule has 0 unspecified atom stereocenters. The molecule has 1 N–H and O–H groups in total. The van der Waals surface area contributed by atoms with Crippen molar-refractivity contribution in [1.82, 2.24) is 9.55 Å². The molecule has 0 saturated carbocycles. The van der Waals surface area contributed by atoms with Crippen LogP contribution < -0.4 is 4.74 Å². The summed E-state index contributed by atoms with van der Waals surface area (Å²) >= 11 is 1.24. The number of aryl methyl sites for hydroxylation is 1. The van der Waals surface area contributed by atoms with Crippen molar-refractivity contribution in [2.75, 3.05) is 12.9 Å². The number of aromatic nitrogens is 2. The number of para-hydroxylation sites is 1. The molecule has 0 aliphatic heterocycles. The largest absolute Gasteiger partial charge is 0.496 e. The van der Waals surface area contributed by atoms with Crippen molar-refractivity contribution in [1.29, 1.82) is 0 Å². The molecule has 21 heavy (non-hydrogen) atoms. The Morgan fingerprint density at radius 1 is 1.43 bits per heavy atom. The zero-order valence-corrected chi connectivity index (χ0v) is 12.9. The van der Waals surface area contributed by atoms with Crippen molar-refractivity contribution in [3.8, 4) is 5.75 Å². The molecule has 0 atom stereocenters. The number of benzene rings is 1. The number of imidazole rings is 1. The van der Waals surface area contributed by atoms with Gasteiger partial charge in [0.2, 0.25) is 0 Å². The quantitative estimate of drug-likeness (QED) is 0.797. The Morgan fingerprint density at radius 2 is 2.19 bits per heavy atom. The second-order valence-corrected chi connectivity index (χ2v) is 5.41. The third-order valence-electron chi connectivity index (χ3n) is 3.11. The van der Waals surface area contributed by atoms with Gasteiger partial charge >= 0.3 is 5.97 Å². The van der Waals surface area contributed by atoms with Gasteiger partial charge in [0.05, 0.1) is 19.4 Å². The van der Waals surface area contributed by atoms with Crippen LogP contribution in [0, 0.1) is 0 Å². The average Bonchev–Trinajstić information content (AvgIpc) is 2.87. The first kappa shape index (κ1) is 15.4. The van der Waals surface area contributed by atoms with Gasteiger partial charge in [-0.3, -0.25) is 4.79 Å². The van der Waals surface area contributed by atoms with Crippen molar-refractivity contribution in [2.45, 2.75) is 25.0 Å². The van der Waals surface area contributed by atoms with Gasteiger partial charge in [0.1, 0.15) is 5.75 Å². The lowest BCUT2D eigenvalue weighted by atomic mass is 10.2. The Morgan fingerprint density at radius 3 is 2.86 bits per heavy atom. The molecule has 6 heteroatoms. The molecule has 0 aliphatic carbocycles. The van der Waals surface area contributed by atoms with Gasteiger partial charge in [-0.15, -0.1) is 0 Å². The SMILES string of the molecule is CCc1cnc(SCC(=O)O)n1Cc1ccccc1OC. The second kappa shape index (κ2) is 7.17. The minimum atomic E-state index is -0.843. The molecule has 2 aromatic rings. The summed E-state index contributed by atoms with van der Waals surface area (Å²) in [5, 5.41) is 9.55. The van der Waals surface area contributed by atoms with Crippen molar-refractivity contribution in [3.63, 3.8) is 0 Å². The van der Waals surface area contributed by atoms with Gasteiger partial charge in [0.25, 0.3) is 0 Å². The Bertz CT molecular complexity index is 625. The summed E-state index contributed by atoms with van der Waals surface area (Å²) in [4.78, 5) is 15.1. The molecule has 5 nitrogen and oxygen atoms in total. The molecule has 2 rings (SSSR count). The van der Waals surface area contributed by atoms with Crippen LogP contribution in [0.5, 0.6) is 5.75 Å². The van der Waals surface area contributed by atoms with E-state index in [2.05, 4.69) is 11.9 Å². The molecule has 0 spiro atoms. The van der Waals surface area contributed by atoms with Gasteiger partial charge in [0, 0.05) is 17.5 Å². The van der Waals surface area contributed by atoms with E-state index in [1.165, 1.54) is 11.8 Å². The monoisotopic (exact) mass is 306 g/mol. The number of carboxylic acids is 1. The molecule has 0 aliphatic rings. The van der Waals surface area contributed by atoms with E-state index < -0.39 is 5.97 Å². The summed E-state index contributed by atoms with van der Waals surface area (Å²) in [7, 11) is 1.65. The third kappa shape index (κ3) is 3.78. The summed E-state index contributed by atoms with van der Waals surface area (Å²) in [5.41, 5.74) is 2.12. The summed E-state index contributed by atoms with van der Waals surface area (Å²) in [5.74, 6) is -0.0149. The van der Waals surface area contributed by atoms with Crippen LogP contribution in [-0.4, -0.2) is 33.5 Å². The highest BCUT2D eigenvalue weighted by molar-refractivity contribution is 7.99. The maximum absolute atomic E-state index is 10.7. The molecule has 0 bridgehead atoms. The smallest absolute Gasteiger partial charge is 0.313 e. The van der Waals surface area contributed by atoms with Crippen LogP contribution >= 0.6 is 11.8 Å². The molecule has 0 fully saturated rings. The number of rotatable bonds is 7. The Hall–Kier alpha value is -1.95. The Labute approximate surface area is 128 Å². The van der Waals surface area contributed by atoms with Gasteiger partial charge in [-0.05, 0) is 12.5 Å². The van der Waals surface area contributed by atoms with Gasteiger partial charge in [-0.2, -0.15) is 0 Å². The molecule has 1 aromatic heterocycles. The number of nitrogens with zero attached hydrogens (tertiary/aromatic N) is 2. The number of thioether (sulfide) groups is 1. The predicted octanol–water partition coefficient (Wildman–Crippen LogP) is 2.68. The van der Waals surface area contributed by atoms with E-state index in [4.69, 9.17) is 9.84 Å². The van der Waals surface area contributed by atoms with Crippen molar-refractivity contribution < 1.29 is 14.6 Å². The van der Waals surface area contributed by atoms with E-state index in [1.54, 1.807) is 13.3 Å². The van der Waals surface area contributed by atoms with Crippen LogP contribution in [0.1, 0.15) is 18.2 Å². The number of hydrogen-bond acceptors (Lipinski definition) is 4. The van der Waals surface area contributed by atoms with Crippen LogP contribution in [0.4, 0.5) is 0 Å².